The minimum absolute atomic E-state index is 0.0129. The first-order valence-corrected chi connectivity index (χ1v) is 11.0. The summed E-state index contributed by atoms with van der Waals surface area (Å²) in [5.41, 5.74) is 1.62. The quantitative estimate of drug-likeness (QED) is 0.351. The van der Waals surface area contributed by atoms with Crippen LogP contribution in [0.1, 0.15) is 40.1 Å². The Balaban J connectivity index is 1.56. The van der Waals surface area contributed by atoms with E-state index in [9.17, 15) is 23.5 Å². The summed E-state index contributed by atoms with van der Waals surface area (Å²) >= 11 is 5.83. The van der Waals surface area contributed by atoms with Crippen molar-refractivity contribution in [3.05, 3.63) is 97.9 Å². The zero-order chi connectivity index (χ0) is 24.9. The number of carbonyl (C=O) groups is 1. The molecule has 0 spiro atoms. The van der Waals surface area contributed by atoms with Crippen LogP contribution in [0.15, 0.2) is 57.7 Å². The summed E-state index contributed by atoms with van der Waals surface area (Å²) in [7, 11) is 0. The number of aromatic carboxylic acids is 1. The van der Waals surface area contributed by atoms with Gasteiger partial charge in [-0.2, -0.15) is 0 Å². The Morgan fingerprint density at radius 2 is 1.89 bits per heavy atom. The Bertz CT molecular complexity index is 1560. The minimum Gasteiger partial charge on any atom is -0.476 e. The van der Waals surface area contributed by atoms with Gasteiger partial charge in [-0.3, -0.25) is 4.79 Å². The van der Waals surface area contributed by atoms with E-state index >= 15 is 0 Å². The molecule has 0 aliphatic carbocycles. The summed E-state index contributed by atoms with van der Waals surface area (Å²) in [6.45, 7) is 2.45. The highest BCUT2D eigenvalue weighted by atomic mass is 35.5. The zero-order valence-corrected chi connectivity index (χ0v) is 19.1. The molecule has 0 bridgehead atoms. The third-order valence-electron chi connectivity index (χ3n) is 5.91. The largest absolute Gasteiger partial charge is 0.476 e. The van der Waals surface area contributed by atoms with E-state index in [0.29, 0.717) is 18.7 Å². The maximum Gasteiger partial charge on any atom is 0.356 e. The predicted molar refractivity (Wildman–Crippen MR) is 127 cm³/mol. The van der Waals surface area contributed by atoms with Gasteiger partial charge in [0.25, 0.3) is 0 Å². The van der Waals surface area contributed by atoms with E-state index in [1.807, 2.05) is 0 Å². The summed E-state index contributed by atoms with van der Waals surface area (Å²) in [5.74, 6) is -2.01. The second-order valence-electron chi connectivity index (χ2n) is 8.29. The molecular weight excluding hydrogens is 480 g/mol. The summed E-state index contributed by atoms with van der Waals surface area (Å²) < 4.78 is 34.2. The number of carboxylic acid groups (broad SMARTS) is 1. The van der Waals surface area contributed by atoms with E-state index in [4.69, 9.17) is 16.0 Å². The molecular formula is C25H18ClF2N3O4. The average Bonchev–Trinajstić information content (AvgIpc) is 3.23. The zero-order valence-electron chi connectivity index (χ0n) is 18.3. The van der Waals surface area contributed by atoms with Gasteiger partial charge in [0.2, 0.25) is 5.88 Å². The highest BCUT2D eigenvalue weighted by Gasteiger charge is 2.24. The molecule has 35 heavy (non-hydrogen) atoms. The maximum atomic E-state index is 14.5. The van der Waals surface area contributed by atoms with Crippen molar-refractivity contribution >= 4 is 40.1 Å². The lowest BCUT2D eigenvalue weighted by Gasteiger charge is -2.20. The number of aromatic nitrogens is 1. The lowest BCUT2D eigenvalue weighted by atomic mass is 10.0. The number of hydrogen-bond donors (Lipinski definition) is 2. The molecule has 2 N–H and O–H groups in total. The molecule has 0 saturated heterocycles. The highest BCUT2D eigenvalue weighted by Crippen LogP contribution is 2.33. The van der Waals surface area contributed by atoms with Crippen molar-refractivity contribution in [1.82, 2.24) is 4.98 Å². The van der Waals surface area contributed by atoms with Crippen molar-refractivity contribution in [3.8, 4) is 0 Å². The summed E-state index contributed by atoms with van der Waals surface area (Å²) in [4.78, 5) is 30.1. The van der Waals surface area contributed by atoms with E-state index < -0.39 is 23.3 Å². The Kier molecular flexibility index (Phi) is 5.64. The topological polar surface area (TPSA) is 95.7 Å². The smallest absolute Gasteiger partial charge is 0.356 e. The predicted octanol–water partition coefficient (Wildman–Crippen LogP) is 5.51. The molecule has 0 amide bonds. The molecule has 0 radical (unpaired) electrons. The molecule has 2 aromatic heterocycles. The number of rotatable bonds is 5. The minimum atomic E-state index is -1.29. The summed E-state index contributed by atoms with van der Waals surface area (Å²) in [6, 6.07) is 10.3. The van der Waals surface area contributed by atoms with Crippen LogP contribution in [-0.2, 0) is 13.1 Å². The first kappa shape index (κ1) is 22.8. The van der Waals surface area contributed by atoms with E-state index in [1.54, 1.807) is 17.9 Å². The van der Waals surface area contributed by atoms with Crippen LogP contribution in [0.2, 0.25) is 5.15 Å². The average molecular weight is 498 g/mol. The number of anilines is 2. The van der Waals surface area contributed by atoms with Crippen LogP contribution >= 0.6 is 11.6 Å². The van der Waals surface area contributed by atoms with Gasteiger partial charge in [0.15, 0.2) is 11.1 Å². The Hall–Kier alpha value is -3.98. The number of benzene rings is 2. The number of pyridine rings is 1. The molecule has 1 aliphatic heterocycles. The molecule has 1 atom stereocenters. The van der Waals surface area contributed by atoms with Crippen LogP contribution in [0.25, 0.3) is 11.0 Å². The van der Waals surface area contributed by atoms with Crippen molar-refractivity contribution < 1.29 is 23.1 Å². The molecule has 2 aromatic carbocycles. The molecule has 178 valence electrons. The van der Waals surface area contributed by atoms with Crippen molar-refractivity contribution in [2.24, 2.45) is 0 Å². The number of fused-ring (bicyclic) bond motifs is 2. The highest BCUT2D eigenvalue weighted by molar-refractivity contribution is 6.29. The van der Waals surface area contributed by atoms with Crippen LogP contribution < -0.4 is 15.6 Å². The summed E-state index contributed by atoms with van der Waals surface area (Å²) in [5, 5.41) is 12.5. The van der Waals surface area contributed by atoms with Gasteiger partial charge >= 0.3 is 5.97 Å². The van der Waals surface area contributed by atoms with Gasteiger partial charge < -0.3 is 19.7 Å². The van der Waals surface area contributed by atoms with Crippen LogP contribution in [0, 0.1) is 11.6 Å². The molecule has 10 heteroatoms. The van der Waals surface area contributed by atoms with Crippen molar-refractivity contribution in [3.63, 3.8) is 0 Å². The molecule has 0 saturated carbocycles. The number of halogens is 3. The Morgan fingerprint density at radius 3 is 2.66 bits per heavy atom. The van der Waals surface area contributed by atoms with Gasteiger partial charge in [-0.25, -0.2) is 18.6 Å². The molecule has 1 aliphatic rings. The fraction of sp³-hybridized carbons (Fsp3) is 0.160. The van der Waals surface area contributed by atoms with Gasteiger partial charge in [0, 0.05) is 24.7 Å². The fourth-order valence-electron chi connectivity index (χ4n) is 4.26. The van der Waals surface area contributed by atoms with Gasteiger partial charge in [0.05, 0.1) is 17.1 Å². The number of nitrogens with one attached hydrogen (secondary N) is 1. The normalized spacial score (nSPS) is 13.7. The monoisotopic (exact) mass is 497 g/mol. The second kappa shape index (κ2) is 8.66. The SMILES string of the molecule is C[C@@H](Nc1ccc(Cl)nc1C(=O)O)c1cc(F)cc2c(=O)cc(N3Cc4ccc(F)cc4C3)oc12. The van der Waals surface area contributed by atoms with Gasteiger partial charge in [-0.05, 0) is 54.4 Å². The van der Waals surface area contributed by atoms with E-state index in [2.05, 4.69) is 10.3 Å². The Labute approximate surface area is 202 Å². The van der Waals surface area contributed by atoms with E-state index in [-0.39, 0.29) is 39.2 Å². The van der Waals surface area contributed by atoms with Gasteiger partial charge in [-0.1, -0.05) is 17.7 Å². The lowest BCUT2D eigenvalue weighted by molar-refractivity contribution is 0.0691. The number of carboxylic acids is 1. The first-order valence-electron chi connectivity index (χ1n) is 10.7. The number of hydrogen-bond acceptors (Lipinski definition) is 6. The van der Waals surface area contributed by atoms with Gasteiger partial charge in [-0.15, -0.1) is 0 Å². The van der Waals surface area contributed by atoms with E-state index in [0.717, 1.165) is 17.2 Å². The molecule has 0 fully saturated rings. The lowest BCUT2D eigenvalue weighted by Crippen LogP contribution is -2.18. The third-order valence-corrected chi connectivity index (χ3v) is 6.12. The van der Waals surface area contributed by atoms with Gasteiger partial charge in [0.1, 0.15) is 22.4 Å². The Morgan fingerprint density at radius 1 is 1.11 bits per heavy atom. The molecule has 3 heterocycles. The van der Waals surface area contributed by atoms with Crippen LogP contribution in [0.5, 0.6) is 0 Å². The van der Waals surface area contributed by atoms with Crippen LogP contribution in [-0.4, -0.2) is 16.1 Å². The molecule has 0 unspecified atom stereocenters. The molecule has 5 rings (SSSR count). The van der Waals surface area contributed by atoms with E-state index in [1.165, 1.54) is 36.4 Å². The second-order valence-corrected chi connectivity index (χ2v) is 8.68. The number of nitrogens with zero attached hydrogens (tertiary/aromatic N) is 2. The standard InChI is InChI=1S/C25H18ClF2N3O4/c1-12(29-19-4-5-21(26)30-23(19)25(33)34)17-7-16(28)8-18-20(32)9-22(35-24(17)18)31-10-13-2-3-15(27)6-14(13)11-31/h2-9,12,29H,10-11H2,1H3,(H,33,34)/t12-/m1/s1. The molecule has 4 aromatic rings. The van der Waals surface area contributed by atoms with Crippen LogP contribution in [0.3, 0.4) is 0 Å². The maximum absolute atomic E-state index is 14.5. The van der Waals surface area contributed by atoms with Crippen LogP contribution in [0.4, 0.5) is 20.4 Å². The van der Waals surface area contributed by atoms with Crippen molar-refractivity contribution in [2.45, 2.75) is 26.1 Å². The summed E-state index contributed by atoms with van der Waals surface area (Å²) in [6.07, 6.45) is 0. The first-order chi connectivity index (χ1) is 16.7. The van der Waals surface area contributed by atoms with Crippen molar-refractivity contribution in [2.75, 3.05) is 10.2 Å². The fourth-order valence-corrected chi connectivity index (χ4v) is 4.41. The third kappa shape index (κ3) is 4.30. The molecule has 7 nitrogen and oxygen atoms in total. The van der Waals surface area contributed by atoms with Crippen molar-refractivity contribution in [1.29, 1.82) is 0 Å².